The number of benzene rings is 1. The maximum Gasteiger partial charge on any atom is 0.279 e. The minimum absolute atomic E-state index is 0.0861. The van der Waals surface area contributed by atoms with Crippen LogP contribution in [-0.2, 0) is 4.79 Å². The average Bonchev–Trinajstić information content (AvgIpc) is 3.12. The Kier molecular flexibility index (Phi) is 4.96. The van der Waals surface area contributed by atoms with Crippen LogP contribution in [0.5, 0.6) is 0 Å². The first-order valence-electron chi connectivity index (χ1n) is 7.57. The molecule has 0 saturated carbocycles. The molecule has 1 unspecified atom stereocenters. The van der Waals surface area contributed by atoms with Crippen LogP contribution in [-0.4, -0.2) is 19.0 Å². The third-order valence-corrected chi connectivity index (χ3v) is 5.80. The summed E-state index contributed by atoms with van der Waals surface area (Å²) < 4.78 is 0.937. The molecule has 5 heteroatoms. The van der Waals surface area contributed by atoms with Gasteiger partial charge < -0.3 is 10.2 Å². The van der Waals surface area contributed by atoms with Gasteiger partial charge in [-0.25, -0.2) is 0 Å². The Bertz CT molecular complexity index is 657. The fourth-order valence-electron chi connectivity index (χ4n) is 3.08. The summed E-state index contributed by atoms with van der Waals surface area (Å²) in [4.78, 5) is 15.1. The molecule has 2 aromatic rings. The van der Waals surface area contributed by atoms with Crippen LogP contribution in [0, 0.1) is 6.92 Å². The molecule has 1 aromatic heterocycles. The number of hydrogen-bond acceptors (Lipinski definition) is 2. The highest BCUT2D eigenvalue weighted by molar-refractivity contribution is 9.10. The molecule has 1 saturated heterocycles. The second kappa shape index (κ2) is 6.94. The number of thiophene rings is 1. The summed E-state index contributed by atoms with van der Waals surface area (Å²) in [6, 6.07) is 10.7. The van der Waals surface area contributed by atoms with E-state index in [0.29, 0.717) is 12.6 Å². The van der Waals surface area contributed by atoms with Crippen LogP contribution in [0.4, 0.5) is 5.69 Å². The molecule has 2 N–H and O–H groups in total. The van der Waals surface area contributed by atoms with Gasteiger partial charge in [0.05, 0.1) is 17.1 Å². The number of amides is 1. The van der Waals surface area contributed by atoms with E-state index in [2.05, 4.69) is 38.8 Å². The Morgan fingerprint density at radius 2 is 2.32 bits per heavy atom. The number of carbonyl (C=O) groups is 1. The van der Waals surface area contributed by atoms with E-state index < -0.39 is 0 Å². The molecule has 0 aliphatic carbocycles. The normalized spacial score (nSPS) is 21.0. The summed E-state index contributed by atoms with van der Waals surface area (Å²) in [5.74, 6) is 0.0861. The van der Waals surface area contributed by atoms with Crippen molar-refractivity contribution in [2.45, 2.75) is 25.8 Å². The third-order valence-electron chi connectivity index (χ3n) is 4.16. The molecule has 1 fully saturated rings. The highest BCUT2D eigenvalue weighted by Gasteiger charge is 2.32. The summed E-state index contributed by atoms with van der Waals surface area (Å²) >= 11 is 5.31. The van der Waals surface area contributed by atoms with Crippen molar-refractivity contribution in [1.82, 2.24) is 0 Å². The molecule has 1 aliphatic heterocycles. The number of quaternary nitrogens is 1. The minimum Gasteiger partial charge on any atom is -0.320 e. The van der Waals surface area contributed by atoms with E-state index in [0.717, 1.165) is 16.7 Å². The van der Waals surface area contributed by atoms with Gasteiger partial charge in [0.25, 0.3) is 5.91 Å². The maximum atomic E-state index is 12.4. The van der Waals surface area contributed by atoms with E-state index in [1.54, 1.807) is 11.3 Å². The second-order valence-electron chi connectivity index (χ2n) is 5.83. The lowest BCUT2D eigenvalue weighted by Gasteiger charge is -2.20. The summed E-state index contributed by atoms with van der Waals surface area (Å²) in [5.41, 5.74) is 2.02. The number of halogens is 1. The minimum atomic E-state index is 0.0861. The number of carbonyl (C=O) groups excluding carboxylic acids is 1. The predicted molar refractivity (Wildman–Crippen MR) is 94.5 cm³/mol. The molecule has 3 nitrogen and oxygen atoms in total. The molecule has 1 amide bonds. The lowest BCUT2D eigenvalue weighted by atomic mass is 10.2. The predicted octanol–water partition coefficient (Wildman–Crippen LogP) is 3.18. The van der Waals surface area contributed by atoms with E-state index in [9.17, 15) is 4.79 Å². The van der Waals surface area contributed by atoms with Gasteiger partial charge in [-0.2, -0.15) is 0 Å². The number of likely N-dealkylation sites (tertiary alicyclic amines) is 1. The van der Waals surface area contributed by atoms with Crippen molar-refractivity contribution >= 4 is 38.9 Å². The Hall–Kier alpha value is -1.17. The number of aryl methyl sites for hydroxylation is 1. The molecule has 116 valence electrons. The first kappa shape index (κ1) is 15.7. The van der Waals surface area contributed by atoms with Gasteiger partial charge in [0.15, 0.2) is 6.54 Å². The topological polar surface area (TPSA) is 33.5 Å². The monoisotopic (exact) mass is 379 g/mol. The first-order chi connectivity index (χ1) is 10.6. The molecule has 2 atom stereocenters. The van der Waals surface area contributed by atoms with Crippen molar-refractivity contribution in [3.63, 3.8) is 0 Å². The highest BCUT2D eigenvalue weighted by Crippen LogP contribution is 2.24. The molecule has 0 spiro atoms. The van der Waals surface area contributed by atoms with Gasteiger partial charge in [-0.3, -0.25) is 4.79 Å². The Morgan fingerprint density at radius 3 is 3.05 bits per heavy atom. The van der Waals surface area contributed by atoms with E-state index in [1.807, 2.05) is 25.1 Å². The molecule has 1 aliphatic rings. The SMILES string of the molecule is Cc1ccc(NC(=O)C[NH+]2CCC[C@H]2c2cccs2)c(Br)c1. The quantitative estimate of drug-likeness (QED) is 0.840. The lowest BCUT2D eigenvalue weighted by Crippen LogP contribution is -3.11. The number of nitrogens with one attached hydrogen (secondary N) is 2. The Balaban J connectivity index is 1.64. The van der Waals surface area contributed by atoms with Crippen LogP contribution in [0.3, 0.4) is 0 Å². The number of rotatable bonds is 4. The van der Waals surface area contributed by atoms with Crippen LogP contribution < -0.4 is 10.2 Å². The highest BCUT2D eigenvalue weighted by atomic mass is 79.9. The van der Waals surface area contributed by atoms with E-state index in [-0.39, 0.29) is 5.91 Å². The van der Waals surface area contributed by atoms with Crippen molar-refractivity contribution in [2.75, 3.05) is 18.4 Å². The van der Waals surface area contributed by atoms with Crippen LogP contribution in [0.25, 0.3) is 0 Å². The van der Waals surface area contributed by atoms with Crippen molar-refractivity contribution < 1.29 is 9.69 Å². The fraction of sp³-hybridized carbons (Fsp3) is 0.353. The van der Waals surface area contributed by atoms with E-state index >= 15 is 0 Å². The molecular formula is C17H20BrN2OS+. The number of hydrogen-bond donors (Lipinski definition) is 2. The summed E-state index contributed by atoms with van der Waals surface area (Å²) in [6.07, 6.45) is 2.37. The molecule has 2 heterocycles. The van der Waals surface area contributed by atoms with Gasteiger partial charge in [-0.1, -0.05) is 12.1 Å². The zero-order valence-electron chi connectivity index (χ0n) is 12.6. The van der Waals surface area contributed by atoms with Gasteiger partial charge in [0, 0.05) is 17.3 Å². The third kappa shape index (κ3) is 3.59. The van der Waals surface area contributed by atoms with Crippen LogP contribution >= 0.6 is 27.3 Å². The molecule has 1 aromatic carbocycles. The first-order valence-corrected chi connectivity index (χ1v) is 9.25. The molecular weight excluding hydrogens is 360 g/mol. The lowest BCUT2D eigenvalue weighted by molar-refractivity contribution is -0.910. The molecule has 3 rings (SSSR count). The van der Waals surface area contributed by atoms with Gasteiger partial charge in [-0.15, -0.1) is 11.3 Å². The van der Waals surface area contributed by atoms with Crippen LogP contribution in [0.2, 0.25) is 0 Å². The smallest absolute Gasteiger partial charge is 0.279 e. The summed E-state index contributed by atoms with van der Waals surface area (Å²) in [6.45, 7) is 3.64. The zero-order valence-corrected chi connectivity index (χ0v) is 15.0. The van der Waals surface area contributed by atoms with Crippen molar-refractivity contribution in [3.05, 3.63) is 50.6 Å². The Labute approximate surface area is 143 Å². The summed E-state index contributed by atoms with van der Waals surface area (Å²) in [5, 5.41) is 5.15. The van der Waals surface area contributed by atoms with Gasteiger partial charge in [-0.05, 0) is 52.0 Å². The van der Waals surface area contributed by atoms with E-state index in [4.69, 9.17) is 0 Å². The molecule has 0 radical (unpaired) electrons. The van der Waals surface area contributed by atoms with Crippen LogP contribution in [0.15, 0.2) is 40.2 Å². The van der Waals surface area contributed by atoms with Gasteiger partial charge in [0.2, 0.25) is 0 Å². The van der Waals surface area contributed by atoms with Crippen molar-refractivity contribution in [1.29, 1.82) is 0 Å². The average molecular weight is 380 g/mol. The maximum absolute atomic E-state index is 12.4. The Morgan fingerprint density at radius 1 is 1.45 bits per heavy atom. The standard InChI is InChI=1S/C17H19BrN2OS/c1-12-6-7-14(13(18)10-12)19-17(21)11-20-8-2-4-15(20)16-5-3-9-22-16/h3,5-7,9-10,15H,2,4,8,11H2,1H3,(H,19,21)/p+1/t15-/m0/s1. The molecule has 0 bridgehead atoms. The fourth-order valence-corrected chi connectivity index (χ4v) is 4.59. The second-order valence-corrected chi connectivity index (χ2v) is 7.66. The zero-order chi connectivity index (χ0) is 15.5. The van der Waals surface area contributed by atoms with Gasteiger partial charge in [0.1, 0.15) is 6.04 Å². The van der Waals surface area contributed by atoms with Crippen LogP contribution in [0.1, 0.15) is 29.3 Å². The van der Waals surface area contributed by atoms with Crippen molar-refractivity contribution in [2.24, 2.45) is 0 Å². The summed E-state index contributed by atoms with van der Waals surface area (Å²) in [7, 11) is 0. The largest absolute Gasteiger partial charge is 0.320 e. The number of anilines is 1. The molecule has 22 heavy (non-hydrogen) atoms. The van der Waals surface area contributed by atoms with E-state index in [1.165, 1.54) is 28.2 Å². The van der Waals surface area contributed by atoms with Gasteiger partial charge >= 0.3 is 0 Å². The van der Waals surface area contributed by atoms with Crippen molar-refractivity contribution in [3.8, 4) is 0 Å².